The van der Waals surface area contributed by atoms with Crippen LogP contribution in [0.2, 0.25) is 0 Å². The van der Waals surface area contributed by atoms with E-state index in [2.05, 4.69) is 0 Å². The molecule has 1 amide bonds. The third-order valence-corrected chi connectivity index (χ3v) is 3.93. The van der Waals surface area contributed by atoms with Gasteiger partial charge in [-0.05, 0) is 36.6 Å². The molecule has 0 N–H and O–H groups in total. The number of rotatable bonds is 6. The first-order chi connectivity index (χ1) is 11.6. The van der Waals surface area contributed by atoms with Crippen LogP contribution in [0.4, 0.5) is 0 Å². The Balaban J connectivity index is 2.10. The second kappa shape index (κ2) is 8.16. The van der Waals surface area contributed by atoms with Gasteiger partial charge in [-0.2, -0.15) is 5.26 Å². The van der Waals surface area contributed by atoms with Crippen LogP contribution in [0.15, 0.2) is 24.3 Å². The minimum Gasteiger partial charge on any atom is -0.493 e. The van der Waals surface area contributed by atoms with Crippen LogP contribution in [0.25, 0.3) is 6.08 Å². The maximum absolute atomic E-state index is 12.2. The molecule has 1 aromatic carbocycles. The minimum atomic E-state index is -1.28. The van der Waals surface area contributed by atoms with Crippen LogP contribution in [0, 0.1) is 17.2 Å². The van der Waals surface area contributed by atoms with E-state index in [4.69, 9.17) is 9.47 Å². The molecule has 1 aliphatic rings. The Bertz CT molecular complexity index is 685. The SMILES string of the molecule is COc1ccc(/C=C\C(=O)[C@@H](C#N)C(=O)N2CCCC2)cc1OC. The molecule has 0 spiro atoms. The number of methoxy groups -OCH3 is 2. The lowest BCUT2D eigenvalue weighted by Crippen LogP contribution is -2.36. The molecule has 126 valence electrons. The Kier molecular flexibility index (Phi) is 5.96. The molecule has 0 unspecified atom stereocenters. The topological polar surface area (TPSA) is 79.6 Å². The average molecular weight is 328 g/mol. The van der Waals surface area contributed by atoms with Crippen molar-refractivity contribution in [3.63, 3.8) is 0 Å². The van der Waals surface area contributed by atoms with Gasteiger partial charge in [-0.3, -0.25) is 9.59 Å². The van der Waals surface area contributed by atoms with Gasteiger partial charge in [0.15, 0.2) is 23.2 Å². The maximum atomic E-state index is 12.2. The summed E-state index contributed by atoms with van der Waals surface area (Å²) in [5.41, 5.74) is 0.714. The summed E-state index contributed by atoms with van der Waals surface area (Å²) in [6.07, 6.45) is 4.66. The van der Waals surface area contributed by atoms with Gasteiger partial charge >= 0.3 is 0 Å². The van der Waals surface area contributed by atoms with Crippen LogP contribution in [0.1, 0.15) is 18.4 Å². The van der Waals surface area contributed by atoms with Gasteiger partial charge in [-0.15, -0.1) is 0 Å². The zero-order valence-electron chi connectivity index (χ0n) is 13.8. The molecule has 0 saturated carbocycles. The molecule has 2 rings (SSSR count). The van der Waals surface area contributed by atoms with Gasteiger partial charge in [0.05, 0.1) is 20.3 Å². The molecule has 1 aromatic rings. The van der Waals surface area contributed by atoms with E-state index in [1.54, 1.807) is 36.3 Å². The smallest absolute Gasteiger partial charge is 0.247 e. The number of hydrogen-bond acceptors (Lipinski definition) is 5. The molecule has 6 heteroatoms. The monoisotopic (exact) mass is 328 g/mol. The van der Waals surface area contributed by atoms with E-state index in [9.17, 15) is 14.9 Å². The first-order valence-corrected chi connectivity index (χ1v) is 7.73. The van der Waals surface area contributed by atoms with Crippen molar-refractivity contribution in [2.45, 2.75) is 12.8 Å². The predicted molar refractivity (Wildman–Crippen MR) is 88.5 cm³/mol. The van der Waals surface area contributed by atoms with Gasteiger partial charge in [0, 0.05) is 13.1 Å². The molecular formula is C18H20N2O4. The van der Waals surface area contributed by atoms with E-state index in [1.807, 2.05) is 6.07 Å². The number of benzene rings is 1. The van der Waals surface area contributed by atoms with E-state index in [0.29, 0.717) is 30.2 Å². The Morgan fingerprint density at radius 3 is 2.46 bits per heavy atom. The number of hydrogen-bond donors (Lipinski definition) is 0. The van der Waals surface area contributed by atoms with E-state index < -0.39 is 17.6 Å². The van der Waals surface area contributed by atoms with Gasteiger partial charge in [0.1, 0.15) is 0 Å². The number of nitrogens with zero attached hydrogens (tertiary/aromatic N) is 2. The first-order valence-electron chi connectivity index (χ1n) is 7.73. The molecule has 0 aromatic heterocycles. The molecule has 0 bridgehead atoms. The summed E-state index contributed by atoms with van der Waals surface area (Å²) in [5.74, 6) is -1.07. The summed E-state index contributed by atoms with van der Waals surface area (Å²) in [5, 5.41) is 9.19. The van der Waals surface area contributed by atoms with Gasteiger partial charge in [-0.25, -0.2) is 0 Å². The Morgan fingerprint density at radius 1 is 1.21 bits per heavy atom. The van der Waals surface area contributed by atoms with Gasteiger partial charge in [0.2, 0.25) is 5.91 Å². The Labute approximate surface area is 141 Å². The fourth-order valence-corrected chi connectivity index (χ4v) is 2.59. The molecule has 1 atom stereocenters. The van der Waals surface area contributed by atoms with Crippen LogP contribution in [0.5, 0.6) is 11.5 Å². The minimum absolute atomic E-state index is 0.406. The number of carbonyl (C=O) groups excluding carboxylic acids is 2. The number of ether oxygens (including phenoxy) is 2. The normalized spacial score (nSPS) is 15.1. The third-order valence-electron chi connectivity index (χ3n) is 3.93. The first kappa shape index (κ1) is 17.5. The number of ketones is 1. The number of likely N-dealkylation sites (tertiary alicyclic amines) is 1. The highest BCUT2D eigenvalue weighted by atomic mass is 16.5. The number of nitriles is 1. The number of amides is 1. The van der Waals surface area contributed by atoms with Crippen molar-refractivity contribution in [3.05, 3.63) is 29.8 Å². The van der Waals surface area contributed by atoms with Crippen molar-refractivity contribution in [1.29, 1.82) is 5.26 Å². The van der Waals surface area contributed by atoms with Crippen molar-refractivity contribution in [2.75, 3.05) is 27.3 Å². The second-order valence-corrected chi connectivity index (χ2v) is 5.44. The highest BCUT2D eigenvalue weighted by Crippen LogP contribution is 2.28. The summed E-state index contributed by atoms with van der Waals surface area (Å²) >= 11 is 0. The Hall–Kier alpha value is -2.81. The Morgan fingerprint density at radius 2 is 1.88 bits per heavy atom. The molecule has 1 saturated heterocycles. The van der Waals surface area contributed by atoms with Crippen LogP contribution in [-0.4, -0.2) is 43.9 Å². The molecular weight excluding hydrogens is 308 g/mol. The van der Waals surface area contributed by atoms with Gasteiger partial charge < -0.3 is 14.4 Å². The van der Waals surface area contributed by atoms with E-state index in [1.165, 1.54) is 13.2 Å². The predicted octanol–water partition coefficient (Wildman–Crippen LogP) is 2.05. The van der Waals surface area contributed by atoms with Crippen molar-refractivity contribution in [3.8, 4) is 17.6 Å². The average Bonchev–Trinajstić information content (AvgIpc) is 3.14. The molecule has 0 aliphatic carbocycles. The highest BCUT2D eigenvalue weighted by Gasteiger charge is 2.30. The van der Waals surface area contributed by atoms with E-state index in [0.717, 1.165) is 12.8 Å². The number of carbonyl (C=O) groups is 2. The lowest BCUT2D eigenvalue weighted by Gasteiger charge is -2.17. The summed E-state index contributed by atoms with van der Waals surface area (Å²) in [7, 11) is 3.06. The van der Waals surface area contributed by atoms with Crippen molar-refractivity contribution in [2.24, 2.45) is 5.92 Å². The van der Waals surface area contributed by atoms with Gasteiger partial charge in [-0.1, -0.05) is 12.1 Å². The second-order valence-electron chi connectivity index (χ2n) is 5.44. The summed E-state index contributed by atoms with van der Waals surface area (Å²) in [6, 6.07) is 7.01. The fraction of sp³-hybridized carbons (Fsp3) is 0.389. The van der Waals surface area contributed by atoms with Crippen molar-refractivity contribution in [1.82, 2.24) is 4.90 Å². The third kappa shape index (κ3) is 3.93. The molecule has 1 aliphatic heterocycles. The molecule has 6 nitrogen and oxygen atoms in total. The lowest BCUT2D eigenvalue weighted by molar-refractivity contribution is -0.136. The molecule has 1 fully saturated rings. The largest absolute Gasteiger partial charge is 0.493 e. The van der Waals surface area contributed by atoms with Crippen LogP contribution < -0.4 is 9.47 Å². The summed E-state index contributed by atoms with van der Waals surface area (Å²) < 4.78 is 10.4. The molecule has 24 heavy (non-hydrogen) atoms. The van der Waals surface area contributed by atoms with Crippen LogP contribution in [-0.2, 0) is 9.59 Å². The summed E-state index contributed by atoms with van der Waals surface area (Å²) in [6.45, 7) is 1.23. The van der Waals surface area contributed by atoms with E-state index >= 15 is 0 Å². The van der Waals surface area contributed by atoms with E-state index in [-0.39, 0.29) is 0 Å². The van der Waals surface area contributed by atoms with Gasteiger partial charge in [0.25, 0.3) is 0 Å². The zero-order chi connectivity index (χ0) is 17.5. The van der Waals surface area contributed by atoms with Crippen molar-refractivity contribution < 1.29 is 19.1 Å². The molecule has 1 heterocycles. The maximum Gasteiger partial charge on any atom is 0.247 e. The van der Waals surface area contributed by atoms with Crippen LogP contribution in [0.3, 0.4) is 0 Å². The number of allylic oxidation sites excluding steroid dienone is 1. The van der Waals surface area contributed by atoms with Crippen LogP contribution >= 0.6 is 0 Å². The highest BCUT2D eigenvalue weighted by molar-refractivity contribution is 6.10. The molecule has 0 radical (unpaired) electrons. The fourth-order valence-electron chi connectivity index (χ4n) is 2.59. The lowest BCUT2D eigenvalue weighted by atomic mass is 10.0. The van der Waals surface area contributed by atoms with Crippen molar-refractivity contribution >= 4 is 17.8 Å². The quantitative estimate of drug-likeness (QED) is 0.590. The zero-order valence-corrected chi connectivity index (χ0v) is 13.8. The standard InChI is InChI=1S/C18H20N2O4/c1-23-16-8-6-13(11-17(16)24-2)5-7-15(21)14(12-19)18(22)20-9-3-4-10-20/h5-8,11,14H,3-4,9-10H2,1-2H3/b7-5-/t14-/m1/s1. The summed E-state index contributed by atoms with van der Waals surface area (Å²) in [4.78, 5) is 26.0.